The van der Waals surface area contributed by atoms with Gasteiger partial charge in [0.25, 0.3) is 11.8 Å². The van der Waals surface area contributed by atoms with Crippen molar-refractivity contribution in [2.75, 3.05) is 6.54 Å². The summed E-state index contributed by atoms with van der Waals surface area (Å²) >= 11 is 7.46. The molecule has 0 fully saturated rings. The second-order valence-electron chi connectivity index (χ2n) is 7.10. The van der Waals surface area contributed by atoms with Gasteiger partial charge in [0.05, 0.1) is 12.6 Å². The Morgan fingerprint density at radius 3 is 2.52 bits per heavy atom. The molecule has 0 unspecified atom stereocenters. The van der Waals surface area contributed by atoms with Crippen LogP contribution in [0, 0.1) is 0 Å². The predicted molar refractivity (Wildman–Crippen MR) is 123 cm³/mol. The lowest BCUT2D eigenvalue weighted by Crippen LogP contribution is -2.26. The molecule has 0 aliphatic rings. The van der Waals surface area contributed by atoms with Gasteiger partial charge in [-0.1, -0.05) is 29.8 Å². The van der Waals surface area contributed by atoms with Gasteiger partial charge in [-0.25, -0.2) is 4.98 Å². The van der Waals surface area contributed by atoms with E-state index in [2.05, 4.69) is 15.6 Å². The lowest BCUT2D eigenvalue weighted by molar-refractivity contribution is 0.0945. The molecule has 3 aromatic rings. The van der Waals surface area contributed by atoms with E-state index in [0.29, 0.717) is 34.3 Å². The minimum Gasteiger partial charge on any atom is -0.491 e. The topological polar surface area (TPSA) is 80.3 Å². The van der Waals surface area contributed by atoms with Gasteiger partial charge in [-0.2, -0.15) is 0 Å². The van der Waals surface area contributed by atoms with Crippen LogP contribution in [0.15, 0.2) is 53.9 Å². The normalized spacial score (nSPS) is 10.7. The van der Waals surface area contributed by atoms with E-state index in [1.807, 2.05) is 38.1 Å². The van der Waals surface area contributed by atoms with Gasteiger partial charge >= 0.3 is 0 Å². The van der Waals surface area contributed by atoms with E-state index in [0.717, 1.165) is 11.3 Å². The number of carbonyl (C=O) groups is 2. The van der Waals surface area contributed by atoms with E-state index in [9.17, 15) is 9.59 Å². The Labute approximate surface area is 190 Å². The fourth-order valence-corrected chi connectivity index (χ4v) is 3.76. The zero-order valence-electron chi connectivity index (χ0n) is 17.4. The van der Waals surface area contributed by atoms with E-state index in [-0.39, 0.29) is 24.5 Å². The highest BCUT2D eigenvalue weighted by Crippen LogP contribution is 2.16. The van der Waals surface area contributed by atoms with Crippen molar-refractivity contribution in [1.82, 2.24) is 15.6 Å². The maximum absolute atomic E-state index is 12.3. The monoisotopic (exact) mass is 457 g/mol. The number of hydrogen-bond donors (Lipinski definition) is 2. The molecule has 1 aromatic heterocycles. The number of carbonyl (C=O) groups excluding carboxylic acids is 2. The van der Waals surface area contributed by atoms with Gasteiger partial charge in [-0.15, -0.1) is 11.3 Å². The Hall–Kier alpha value is -2.90. The van der Waals surface area contributed by atoms with Crippen LogP contribution in [0.25, 0.3) is 0 Å². The van der Waals surface area contributed by atoms with E-state index in [1.54, 1.807) is 29.6 Å². The molecule has 1 heterocycles. The quantitative estimate of drug-likeness (QED) is 0.496. The van der Waals surface area contributed by atoms with Crippen molar-refractivity contribution < 1.29 is 14.3 Å². The molecule has 0 aliphatic heterocycles. The zero-order valence-corrected chi connectivity index (χ0v) is 18.9. The minimum absolute atomic E-state index is 0.0760. The van der Waals surface area contributed by atoms with Crippen LogP contribution >= 0.6 is 22.9 Å². The van der Waals surface area contributed by atoms with Gasteiger partial charge in [-0.3, -0.25) is 9.59 Å². The average Bonchev–Trinajstić information content (AvgIpc) is 3.23. The molecule has 2 N–H and O–H groups in total. The number of nitrogens with one attached hydrogen (secondary N) is 2. The van der Waals surface area contributed by atoms with E-state index >= 15 is 0 Å². The molecule has 0 atom stereocenters. The van der Waals surface area contributed by atoms with E-state index in [1.165, 1.54) is 11.3 Å². The first kappa shape index (κ1) is 22.8. The molecule has 0 saturated heterocycles. The maximum atomic E-state index is 12.3. The van der Waals surface area contributed by atoms with Gasteiger partial charge in [0.1, 0.15) is 16.5 Å². The van der Waals surface area contributed by atoms with Crippen molar-refractivity contribution in [3.05, 3.63) is 80.8 Å². The number of ether oxygens (including phenoxy) is 1. The average molecular weight is 458 g/mol. The van der Waals surface area contributed by atoms with Crippen molar-refractivity contribution in [2.45, 2.75) is 32.9 Å². The van der Waals surface area contributed by atoms with Gasteiger partial charge in [0.2, 0.25) is 0 Å². The van der Waals surface area contributed by atoms with Crippen LogP contribution in [-0.2, 0) is 13.0 Å². The van der Waals surface area contributed by atoms with Crippen LogP contribution in [0.4, 0.5) is 0 Å². The number of rotatable bonds is 9. The van der Waals surface area contributed by atoms with Crippen LogP contribution in [0.2, 0.25) is 5.02 Å². The second-order valence-corrected chi connectivity index (χ2v) is 8.45. The number of halogens is 1. The molecule has 3 rings (SSSR count). The summed E-state index contributed by atoms with van der Waals surface area (Å²) in [6.45, 7) is 4.60. The summed E-state index contributed by atoms with van der Waals surface area (Å²) < 4.78 is 5.58. The lowest BCUT2D eigenvalue weighted by Gasteiger charge is -2.10. The summed E-state index contributed by atoms with van der Waals surface area (Å²) in [5, 5.41) is 8.69. The largest absolute Gasteiger partial charge is 0.491 e. The molecular weight excluding hydrogens is 434 g/mol. The molecule has 2 aromatic carbocycles. The third-order valence-electron chi connectivity index (χ3n) is 4.31. The van der Waals surface area contributed by atoms with Crippen molar-refractivity contribution in [3.63, 3.8) is 0 Å². The van der Waals surface area contributed by atoms with Crippen LogP contribution < -0.4 is 15.4 Å². The van der Waals surface area contributed by atoms with Crippen molar-refractivity contribution >= 4 is 34.8 Å². The van der Waals surface area contributed by atoms with E-state index < -0.39 is 0 Å². The van der Waals surface area contributed by atoms with Crippen molar-refractivity contribution in [3.8, 4) is 5.75 Å². The highest BCUT2D eigenvalue weighted by atomic mass is 35.5. The number of amides is 2. The highest BCUT2D eigenvalue weighted by Gasteiger charge is 2.12. The summed E-state index contributed by atoms with van der Waals surface area (Å²) in [7, 11) is 0. The third kappa shape index (κ3) is 6.80. The molecule has 6 nitrogen and oxygen atoms in total. The Balaban J connectivity index is 1.46. The first-order chi connectivity index (χ1) is 14.9. The van der Waals surface area contributed by atoms with E-state index in [4.69, 9.17) is 16.3 Å². The standard InChI is InChI=1S/C23H24ClN3O3S/c1-15(2)30-18-9-7-17(8-10-18)22(28)26-13-21-27-20(14-31-21)23(29)25-12-11-16-5-3-4-6-19(16)24/h3-10,14-15H,11-13H2,1-2H3,(H,25,29)(H,26,28). The summed E-state index contributed by atoms with van der Waals surface area (Å²) in [6, 6.07) is 14.5. The Kier molecular flexibility index (Phi) is 8.03. The molecule has 2 amide bonds. The van der Waals surface area contributed by atoms with Crippen LogP contribution in [0.1, 0.15) is 45.3 Å². The number of hydrogen-bond acceptors (Lipinski definition) is 5. The SMILES string of the molecule is CC(C)Oc1ccc(C(=O)NCc2nc(C(=O)NCCc3ccccc3Cl)cs2)cc1. The van der Waals surface area contributed by atoms with Gasteiger partial charge in [0, 0.05) is 22.5 Å². The Morgan fingerprint density at radius 2 is 1.81 bits per heavy atom. The maximum Gasteiger partial charge on any atom is 0.270 e. The molecule has 162 valence electrons. The summed E-state index contributed by atoms with van der Waals surface area (Å²) in [5.74, 6) is 0.260. The molecule has 0 aliphatic carbocycles. The summed E-state index contributed by atoms with van der Waals surface area (Å²) in [6.07, 6.45) is 0.714. The molecule has 0 spiro atoms. The number of benzene rings is 2. The number of nitrogens with zero attached hydrogens (tertiary/aromatic N) is 1. The molecule has 0 radical (unpaired) electrons. The lowest BCUT2D eigenvalue weighted by atomic mass is 10.1. The smallest absolute Gasteiger partial charge is 0.270 e. The summed E-state index contributed by atoms with van der Waals surface area (Å²) in [4.78, 5) is 28.9. The first-order valence-corrected chi connectivity index (χ1v) is 11.2. The number of aromatic nitrogens is 1. The Morgan fingerprint density at radius 1 is 1.06 bits per heavy atom. The zero-order chi connectivity index (χ0) is 22.2. The van der Waals surface area contributed by atoms with Gasteiger partial charge < -0.3 is 15.4 Å². The second kappa shape index (κ2) is 10.9. The van der Waals surface area contributed by atoms with Crippen LogP contribution in [-0.4, -0.2) is 29.4 Å². The number of thiazole rings is 1. The Bertz CT molecular complexity index is 1030. The van der Waals surface area contributed by atoms with Gasteiger partial charge in [-0.05, 0) is 56.2 Å². The fourth-order valence-electron chi connectivity index (χ4n) is 2.81. The summed E-state index contributed by atoms with van der Waals surface area (Å²) in [5.41, 5.74) is 1.85. The van der Waals surface area contributed by atoms with Crippen molar-refractivity contribution in [2.24, 2.45) is 0 Å². The molecule has 0 bridgehead atoms. The molecule has 0 saturated carbocycles. The van der Waals surface area contributed by atoms with Crippen LogP contribution in [0.5, 0.6) is 5.75 Å². The predicted octanol–water partition coefficient (Wildman–Crippen LogP) is 4.49. The fraction of sp³-hybridized carbons (Fsp3) is 0.261. The molecular formula is C23H24ClN3O3S. The molecule has 31 heavy (non-hydrogen) atoms. The van der Waals surface area contributed by atoms with Crippen LogP contribution in [0.3, 0.4) is 0 Å². The molecule has 8 heteroatoms. The highest BCUT2D eigenvalue weighted by molar-refractivity contribution is 7.09. The van der Waals surface area contributed by atoms with Gasteiger partial charge in [0.15, 0.2) is 0 Å². The third-order valence-corrected chi connectivity index (χ3v) is 5.53. The first-order valence-electron chi connectivity index (χ1n) is 9.93. The van der Waals surface area contributed by atoms with Crippen molar-refractivity contribution in [1.29, 1.82) is 0 Å². The minimum atomic E-state index is -0.248.